The van der Waals surface area contributed by atoms with Crippen molar-refractivity contribution in [2.45, 2.75) is 18.3 Å². The van der Waals surface area contributed by atoms with Crippen LogP contribution in [0.25, 0.3) is 22.2 Å². The Morgan fingerprint density at radius 2 is 1.90 bits per heavy atom. The SMILES string of the molecule is NCC1(c2nc(-c3ccc(F)c4ccccc34)no2)CC1. The Kier molecular flexibility index (Phi) is 2.59. The molecule has 5 heteroatoms. The van der Waals surface area contributed by atoms with E-state index >= 15 is 0 Å². The maximum Gasteiger partial charge on any atom is 0.234 e. The van der Waals surface area contributed by atoms with E-state index in [1.165, 1.54) is 6.07 Å². The minimum absolute atomic E-state index is 0.138. The van der Waals surface area contributed by atoms with Crippen LogP contribution in [0.5, 0.6) is 0 Å². The van der Waals surface area contributed by atoms with Crippen molar-refractivity contribution in [1.82, 2.24) is 10.1 Å². The third-order valence-corrected chi connectivity index (χ3v) is 4.24. The molecule has 0 bridgehead atoms. The fourth-order valence-corrected chi connectivity index (χ4v) is 2.66. The largest absolute Gasteiger partial charge is 0.338 e. The topological polar surface area (TPSA) is 64.9 Å². The molecule has 0 amide bonds. The van der Waals surface area contributed by atoms with E-state index in [1.54, 1.807) is 12.1 Å². The quantitative estimate of drug-likeness (QED) is 0.802. The number of aromatic nitrogens is 2. The molecule has 4 nitrogen and oxygen atoms in total. The minimum Gasteiger partial charge on any atom is -0.338 e. The molecule has 106 valence electrons. The number of rotatable bonds is 3. The van der Waals surface area contributed by atoms with Crippen LogP contribution < -0.4 is 5.73 Å². The van der Waals surface area contributed by atoms with E-state index in [1.807, 2.05) is 18.2 Å². The molecule has 1 aliphatic rings. The molecular weight excluding hydrogens is 269 g/mol. The first kappa shape index (κ1) is 12.5. The highest BCUT2D eigenvalue weighted by molar-refractivity contribution is 5.95. The van der Waals surface area contributed by atoms with Crippen LogP contribution in [0.2, 0.25) is 0 Å². The Labute approximate surface area is 120 Å². The predicted octanol–water partition coefficient (Wildman–Crippen LogP) is 3.02. The third kappa shape index (κ3) is 1.85. The van der Waals surface area contributed by atoms with Crippen molar-refractivity contribution in [3.63, 3.8) is 0 Å². The highest BCUT2D eigenvalue weighted by atomic mass is 19.1. The zero-order valence-corrected chi connectivity index (χ0v) is 11.3. The smallest absolute Gasteiger partial charge is 0.234 e. The Balaban J connectivity index is 1.86. The number of benzene rings is 2. The van der Waals surface area contributed by atoms with Crippen LogP contribution in [0.15, 0.2) is 40.9 Å². The van der Waals surface area contributed by atoms with Crippen LogP contribution in [0.4, 0.5) is 4.39 Å². The Morgan fingerprint density at radius 1 is 1.14 bits per heavy atom. The lowest BCUT2D eigenvalue weighted by Crippen LogP contribution is -2.19. The molecule has 0 unspecified atom stereocenters. The van der Waals surface area contributed by atoms with Crippen LogP contribution in [0.1, 0.15) is 18.7 Å². The van der Waals surface area contributed by atoms with Gasteiger partial charge < -0.3 is 10.3 Å². The number of halogens is 1. The van der Waals surface area contributed by atoms with Gasteiger partial charge in [0.15, 0.2) is 0 Å². The van der Waals surface area contributed by atoms with Gasteiger partial charge in [-0.1, -0.05) is 29.4 Å². The second-order valence-electron chi connectivity index (χ2n) is 5.55. The van der Waals surface area contributed by atoms with Crippen LogP contribution in [0.3, 0.4) is 0 Å². The summed E-state index contributed by atoms with van der Waals surface area (Å²) in [5, 5.41) is 5.39. The van der Waals surface area contributed by atoms with E-state index in [0.29, 0.717) is 23.6 Å². The molecule has 0 radical (unpaired) electrons. The summed E-state index contributed by atoms with van der Waals surface area (Å²) in [7, 11) is 0. The van der Waals surface area contributed by atoms with Gasteiger partial charge in [-0.2, -0.15) is 4.98 Å². The first-order chi connectivity index (χ1) is 10.2. The summed E-state index contributed by atoms with van der Waals surface area (Å²) in [5.74, 6) is 0.827. The van der Waals surface area contributed by atoms with Gasteiger partial charge in [0.2, 0.25) is 11.7 Å². The van der Waals surface area contributed by atoms with Gasteiger partial charge in [-0.25, -0.2) is 4.39 Å². The van der Waals surface area contributed by atoms with E-state index in [0.717, 1.165) is 23.8 Å². The van der Waals surface area contributed by atoms with E-state index in [-0.39, 0.29) is 11.2 Å². The number of fused-ring (bicyclic) bond motifs is 1. The zero-order valence-electron chi connectivity index (χ0n) is 11.3. The number of nitrogens with two attached hydrogens (primary N) is 1. The molecule has 4 rings (SSSR count). The van der Waals surface area contributed by atoms with E-state index in [2.05, 4.69) is 10.1 Å². The molecule has 1 saturated carbocycles. The summed E-state index contributed by atoms with van der Waals surface area (Å²) in [4.78, 5) is 4.49. The molecule has 1 fully saturated rings. The van der Waals surface area contributed by atoms with E-state index in [9.17, 15) is 4.39 Å². The van der Waals surface area contributed by atoms with Crippen LogP contribution in [0, 0.1) is 5.82 Å². The van der Waals surface area contributed by atoms with Gasteiger partial charge >= 0.3 is 0 Å². The van der Waals surface area contributed by atoms with Gasteiger partial charge in [0.25, 0.3) is 0 Å². The first-order valence-corrected chi connectivity index (χ1v) is 6.95. The maximum atomic E-state index is 13.9. The molecule has 0 spiro atoms. The summed E-state index contributed by atoms with van der Waals surface area (Å²) in [6.45, 7) is 0.513. The van der Waals surface area contributed by atoms with E-state index < -0.39 is 0 Å². The third-order valence-electron chi connectivity index (χ3n) is 4.24. The average Bonchev–Trinajstić information content (AvgIpc) is 3.18. The van der Waals surface area contributed by atoms with Crippen molar-refractivity contribution < 1.29 is 8.91 Å². The fraction of sp³-hybridized carbons (Fsp3) is 0.250. The van der Waals surface area contributed by atoms with Crippen molar-refractivity contribution >= 4 is 10.8 Å². The van der Waals surface area contributed by atoms with Gasteiger partial charge in [-0.3, -0.25) is 0 Å². The lowest BCUT2D eigenvalue weighted by molar-refractivity contribution is 0.347. The lowest BCUT2D eigenvalue weighted by Gasteiger charge is -2.04. The van der Waals surface area contributed by atoms with Crippen molar-refractivity contribution in [1.29, 1.82) is 0 Å². The molecule has 1 aliphatic carbocycles. The molecule has 1 heterocycles. The summed E-state index contributed by atoms with van der Waals surface area (Å²) >= 11 is 0. The van der Waals surface area contributed by atoms with Gasteiger partial charge in [0.05, 0.1) is 5.41 Å². The monoisotopic (exact) mass is 283 g/mol. The zero-order chi connectivity index (χ0) is 14.4. The summed E-state index contributed by atoms with van der Waals surface area (Å²) < 4.78 is 19.2. The highest BCUT2D eigenvalue weighted by Crippen LogP contribution is 2.46. The molecule has 0 aliphatic heterocycles. The number of hydrogen-bond acceptors (Lipinski definition) is 4. The van der Waals surface area contributed by atoms with Crippen molar-refractivity contribution in [2.75, 3.05) is 6.54 Å². The van der Waals surface area contributed by atoms with Crippen LogP contribution in [-0.2, 0) is 5.41 Å². The second-order valence-corrected chi connectivity index (χ2v) is 5.55. The Morgan fingerprint density at radius 3 is 2.62 bits per heavy atom. The standard InChI is InChI=1S/C16H14FN3O/c17-13-6-5-12(10-3-1-2-4-11(10)13)14-19-15(21-20-14)16(9-18)7-8-16/h1-6H,7-9,18H2. The van der Waals surface area contributed by atoms with Gasteiger partial charge in [0.1, 0.15) is 5.82 Å². The van der Waals surface area contributed by atoms with E-state index in [4.69, 9.17) is 10.3 Å². The summed E-state index contributed by atoms with van der Waals surface area (Å²) in [6, 6.07) is 10.4. The summed E-state index contributed by atoms with van der Waals surface area (Å²) in [5.41, 5.74) is 6.42. The molecule has 2 N–H and O–H groups in total. The fourth-order valence-electron chi connectivity index (χ4n) is 2.66. The number of nitrogens with zero attached hydrogens (tertiary/aromatic N) is 2. The second kappa shape index (κ2) is 4.36. The molecule has 0 saturated heterocycles. The maximum absolute atomic E-state index is 13.9. The molecular formula is C16H14FN3O. The van der Waals surface area contributed by atoms with Gasteiger partial charge in [-0.15, -0.1) is 0 Å². The van der Waals surface area contributed by atoms with Crippen molar-refractivity contribution in [3.05, 3.63) is 48.1 Å². The first-order valence-electron chi connectivity index (χ1n) is 6.95. The Hall–Kier alpha value is -2.27. The lowest BCUT2D eigenvalue weighted by atomic mass is 10.0. The molecule has 2 aromatic carbocycles. The highest BCUT2D eigenvalue weighted by Gasteiger charge is 2.48. The van der Waals surface area contributed by atoms with Crippen LogP contribution >= 0.6 is 0 Å². The van der Waals surface area contributed by atoms with Gasteiger partial charge in [0, 0.05) is 17.5 Å². The molecule has 21 heavy (non-hydrogen) atoms. The molecule has 1 aromatic heterocycles. The average molecular weight is 283 g/mol. The molecule has 0 atom stereocenters. The minimum atomic E-state index is -0.251. The van der Waals surface area contributed by atoms with Gasteiger partial charge in [-0.05, 0) is 30.4 Å². The predicted molar refractivity (Wildman–Crippen MR) is 77.2 cm³/mol. The normalized spacial score (nSPS) is 16.3. The Bertz CT molecular complexity index is 823. The number of hydrogen-bond donors (Lipinski definition) is 1. The summed E-state index contributed by atoms with van der Waals surface area (Å²) in [6.07, 6.45) is 1.96. The molecule has 3 aromatic rings. The van der Waals surface area contributed by atoms with Crippen molar-refractivity contribution in [2.24, 2.45) is 5.73 Å². The van der Waals surface area contributed by atoms with Crippen molar-refractivity contribution in [3.8, 4) is 11.4 Å². The van der Waals surface area contributed by atoms with Crippen LogP contribution in [-0.4, -0.2) is 16.7 Å².